The van der Waals surface area contributed by atoms with Crippen LogP contribution in [0.2, 0.25) is 4.34 Å². The zero-order chi connectivity index (χ0) is 23.5. The predicted molar refractivity (Wildman–Crippen MR) is 106 cm³/mol. The fraction of sp³-hybridized carbons (Fsp3) is 0.385. The summed E-state index contributed by atoms with van der Waals surface area (Å²) < 4.78 is 35.9. The number of amides is 3. The Kier molecular flexibility index (Phi) is 7.77. The van der Waals surface area contributed by atoms with Gasteiger partial charge in [-0.15, -0.1) is 11.6 Å². The van der Waals surface area contributed by atoms with Gasteiger partial charge in [0.05, 0.1) is 7.11 Å². The number of esters is 1. The molecule has 0 bridgehead atoms. The lowest BCUT2D eigenvalue weighted by Crippen LogP contribution is -2.74. The van der Waals surface area contributed by atoms with Gasteiger partial charge in [-0.05, 0) is 0 Å². The average Bonchev–Trinajstić information content (AvgIpc) is 3.05. The van der Waals surface area contributed by atoms with E-state index < -0.39 is 51.8 Å². The molecule has 2 heterocycles. The van der Waals surface area contributed by atoms with Gasteiger partial charge in [-0.1, -0.05) is 28.1 Å². The van der Waals surface area contributed by atoms with E-state index in [0.29, 0.717) is 0 Å². The van der Waals surface area contributed by atoms with Gasteiger partial charge >= 0.3 is 16.3 Å². The van der Waals surface area contributed by atoms with Crippen molar-refractivity contribution in [2.45, 2.75) is 12.1 Å². The van der Waals surface area contributed by atoms with Gasteiger partial charge in [-0.3, -0.25) is 18.9 Å². The Bertz CT molecular complexity index is 1060. The summed E-state index contributed by atoms with van der Waals surface area (Å²) in [4.78, 5) is 56.6. The number of hydrogen-bond acceptors (Lipinski definition) is 11. The molecule has 31 heavy (non-hydrogen) atoms. The number of ether oxygens (including phenoxy) is 1. The molecule has 14 nitrogen and oxygen atoms in total. The minimum absolute atomic E-state index is 0.0213. The Morgan fingerprint density at radius 1 is 1.35 bits per heavy atom. The number of β-lactam (4-membered cyclic amide) rings is 1. The Morgan fingerprint density at radius 2 is 2.00 bits per heavy atom. The van der Waals surface area contributed by atoms with Crippen molar-refractivity contribution in [1.82, 2.24) is 14.6 Å². The molecular weight excluding hydrogens is 505 g/mol. The fourth-order valence-corrected chi connectivity index (χ4v) is 4.32. The number of thiazole rings is 1. The summed E-state index contributed by atoms with van der Waals surface area (Å²) in [5, 5.41) is 7.86. The molecule has 0 spiro atoms. The van der Waals surface area contributed by atoms with E-state index in [1.165, 1.54) is 0 Å². The SMILES string of the molecule is CON=C(C(=O)N[C@H]1C(=O)N(S(=O)(=O)O)[C@H]1C(=O)OC)c1nc(NC(=O)CCl)sc1Cl. The third-order valence-corrected chi connectivity index (χ3v) is 5.92. The molecule has 170 valence electrons. The van der Waals surface area contributed by atoms with Crippen molar-refractivity contribution < 1.29 is 41.7 Å². The summed E-state index contributed by atoms with van der Waals surface area (Å²) in [6, 6.07) is -3.57. The molecule has 3 N–H and O–H groups in total. The first kappa shape index (κ1) is 24.7. The van der Waals surface area contributed by atoms with Crippen LogP contribution in [0.4, 0.5) is 5.13 Å². The highest BCUT2D eigenvalue weighted by atomic mass is 35.5. The van der Waals surface area contributed by atoms with E-state index >= 15 is 0 Å². The molecule has 0 saturated carbocycles. The number of anilines is 1. The summed E-state index contributed by atoms with van der Waals surface area (Å²) in [6.45, 7) is 0. The summed E-state index contributed by atoms with van der Waals surface area (Å²) in [7, 11) is -3.09. The number of carbonyl (C=O) groups is 4. The molecule has 18 heteroatoms. The van der Waals surface area contributed by atoms with Crippen LogP contribution in [0.15, 0.2) is 5.16 Å². The van der Waals surface area contributed by atoms with Crippen LogP contribution in [0.3, 0.4) is 0 Å². The molecular formula is C13H13Cl2N5O9S2. The maximum atomic E-state index is 12.7. The van der Waals surface area contributed by atoms with Crippen LogP contribution < -0.4 is 10.6 Å². The van der Waals surface area contributed by atoms with Crippen molar-refractivity contribution in [3.8, 4) is 0 Å². The largest absolute Gasteiger partial charge is 0.467 e. The number of aromatic nitrogens is 1. The number of methoxy groups -OCH3 is 1. The number of hydrogen-bond donors (Lipinski definition) is 3. The zero-order valence-corrected chi connectivity index (χ0v) is 18.6. The normalized spacial score (nSPS) is 18.8. The molecule has 0 aromatic carbocycles. The van der Waals surface area contributed by atoms with E-state index in [9.17, 15) is 27.6 Å². The van der Waals surface area contributed by atoms with Crippen molar-refractivity contribution in [3.63, 3.8) is 0 Å². The third kappa shape index (κ3) is 5.21. The highest BCUT2D eigenvalue weighted by Gasteiger charge is 2.58. The van der Waals surface area contributed by atoms with Gasteiger partial charge in [0.15, 0.2) is 16.9 Å². The van der Waals surface area contributed by atoms with Crippen LogP contribution in [-0.2, 0) is 39.1 Å². The molecule has 0 radical (unpaired) electrons. The molecule has 1 fully saturated rings. The van der Waals surface area contributed by atoms with Gasteiger partial charge < -0.3 is 20.2 Å². The number of nitrogens with zero attached hydrogens (tertiary/aromatic N) is 3. The molecule has 3 amide bonds. The van der Waals surface area contributed by atoms with Gasteiger partial charge in [0.25, 0.3) is 11.8 Å². The van der Waals surface area contributed by atoms with Crippen molar-refractivity contribution in [2.24, 2.45) is 5.16 Å². The van der Waals surface area contributed by atoms with E-state index in [4.69, 9.17) is 27.8 Å². The Morgan fingerprint density at radius 3 is 2.52 bits per heavy atom. The Hall–Kier alpha value is -2.53. The summed E-state index contributed by atoms with van der Waals surface area (Å²) in [5.74, 6) is -4.62. The number of alkyl halides is 1. The van der Waals surface area contributed by atoms with E-state index in [1.54, 1.807) is 0 Å². The van der Waals surface area contributed by atoms with E-state index in [2.05, 4.69) is 30.3 Å². The highest BCUT2D eigenvalue weighted by molar-refractivity contribution is 7.84. The summed E-state index contributed by atoms with van der Waals surface area (Å²) in [6.07, 6.45) is 0. The number of rotatable bonds is 8. The molecule has 1 aliphatic rings. The lowest BCUT2D eigenvalue weighted by molar-refractivity contribution is -0.162. The van der Waals surface area contributed by atoms with Crippen molar-refractivity contribution in [2.75, 3.05) is 25.4 Å². The first-order chi connectivity index (χ1) is 14.5. The maximum absolute atomic E-state index is 12.7. The van der Waals surface area contributed by atoms with Crippen LogP contribution in [0, 0.1) is 0 Å². The highest BCUT2D eigenvalue weighted by Crippen LogP contribution is 2.29. The number of oxime groups is 1. The topological polar surface area (TPSA) is 194 Å². The van der Waals surface area contributed by atoms with E-state index in [0.717, 1.165) is 25.6 Å². The molecule has 1 aliphatic heterocycles. The van der Waals surface area contributed by atoms with Gasteiger partial charge in [0.1, 0.15) is 29.1 Å². The van der Waals surface area contributed by atoms with Gasteiger partial charge in [-0.2, -0.15) is 12.7 Å². The fourth-order valence-electron chi connectivity index (χ4n) is 2.36. The van der Waals surface area contributed by atoms with Gasteiger partial charge in [0, 0.05) is 0 Å². The maximum Gasteiger partial charge on any atom is 0.363 e. The van der Waals surface area contributed by atoms with Crippen LogP contribution in [0.1, 0.15) is 5.69 Å². The number of halogens is 2. The van der Waals surface area contributed by atoms with Crippen LogP contribution in [0.5, 0.6) is 0 Å². The number of nitrogens with one attached hydrogen (secondary N) is 2. The first-order valence-electron chi connectivity index (χ1n) is 7.79. The molecule has 0 aliphatic carbocycles. The number of carbonyl (C=O) groups excluding carboxylic acids is 4. The van der Waals surface area contributed by atoms with Gasteiger partial charge in [0.2, 0.25) is 5.91 Å². The lowest BCUT2D eigenvalue weighted by atomic mass is 9.98. The third-order valence-electron chi connectivity index (χ3n) is 3.60. The van der Waals surface area contributed by atoms with Crippen LogP contribution >= 0.6 is 34.5 Å². The van der Waals surface area contributed by atoms with Crippen LogP contribution in [0.25, 0.3) is 0 Å². The second-order valence-electron chi connectivity index (χ2n) is 5.48. The Balaban J connectivity index is 2.31. The van der Waals surface area contributed by atoms with E-state index in [1.807, 2.05) is 0 Å². The first-order valence-corrected chi connectivity index (χ1v) is 10.9. The van der Waals surface area contributed by atoms with Crippen molar-refractivity contribution in [1.29, 1.82) is 0 Å². The minimum atomic E-state index is -5.09. The summed E-state index contributed by atoms with van der Waals surface area (Å²) in [5.41, 5.74) is -0.805. The second kappa shape index (κ2) is 9.73. The smallest absolute Gasteiger partial charge is 0.363 e. The predicted octanol–water partition coefficient (Wildman–Crippen LogP) is -1.00. The Labute approximate surface area is 188 Å². The molecule has 1 saturated heterocycles. The quantitative estimate of drug-likeness (QED) is 0.0959. The van der Waals surface area contributed by atoms with Crippen LogP contribution in [-0.4, -0.2) is 83.8 Å². The van der Waals surface area contributed by atoms with Crippen molar-refractivity contribution in [3.05, 3.63) is 10.0 Å². The van der Waals surface area contributed by atoms with Crippen molar-refractivity contribution >= 4 is 79.4 Å². The van der Waals surface area contributed by atoms with Gasteiger partial charge in [-0.25, -0.2) is 9.78 Å². The average molecular weight is 518 g/mol. The van der Waals surface area contributed by atoms with E-state index in [-0.39, 0.29) is 25.3 Å². The monoisotopic (exact) mass is 517 g/mol. The summed E-state index contributed by atoms with van der Waals surface area (Å²) >= 11 is 12.2. The molecule has 2 rings (SSSR count). The molecule has 1 aromatic heterocycles. The zero-order valence-electron chi connectivity index (χ0n) is 15.5. The molecule has 1 aromatic rings. The molecule has 2 atom stereocenters. The standard InChI is InChI=1S/C13H13Cl2N5O9S2/c1-28-12(24)8-7(11(23)20(8)31(25,26)27)17-10(22)6(19-29-2)5-9(15)30-13(18-5)16-4(21)3-14/h7-8H,3H2,1-2H3,(H,17,22)(H,16,18,21)(H,25,26,27)/t7-,8-/m1/s1. The lowest BCUT2D eigenvalue weighted by Gasteiger charge is -2.41. The minimum Gasteiger partial charge on any atom is -0.467 e. The second-order valence-corrected chi connectivity index (χ2v) is 8.63. The molecule has 0 unspecified atom stereocenters.